The fourth-order valence-corrected chi connectivity index (χ4v) is 5.29. The molecule has 0 radical (unpaired) electrons. The van der Waals surface area contributed by atoms with Gasteiger partial charge in [0.25, 0.3) is 0 Å². The van der Waals surface area contributed by atoms with Crippen LogP contribution in [0.4, 0.5) is 5.69 Å². The predicted molar refractivity (Wildman–Crippen MR) is 132 cm³/mol. The highest BCUT2D eigenvalue weighted by Gasteiger charge is 2.32. The molecule has 2 aliphatic rings. The largest absolute Gasteiger partial charge is 0.358 e. The zero-order valence-electron chi connectivity index (χ0n) is 19.0. The molecule has 1 fully saturated rings. The van der Waals surface area contributed by atoms with Crippen LogP contribution in [0.2, 0.25) is 0 Å². The van der Waals surface area contributed by atoms with Gasteiger partial charge in [-0.05, 0) is 68.9 Å². The minimum absolute atomic E-state index is 0.630. The highest BCUT2D eigenvalue weighted by molar-refractivity contribution is 5.47. The molecule has 162 valence electrons. The van der Waals surface area contributed by atoms with Crippen LogP contribution in [0.5, 0.6) is 0 Å². The average molecular weight is 405 g/mol. The molecule has 1 aromatic rings. The van der Waals surface area contributed by atoms with E-state index in [0.29, 0.717) is 17.9 Å². The van der Waals surface area contributed by atoms with Crippen LogP contribution in [0.25, 0.3) is 0 Å². The zero-order valence-corrected chi connectivity index (χ0v) is 19.0. The van der Waals surface area contributed by atoms with Gasteiger partial charge in [-0.1, -0.05) is 68.0 Å². The maximum Gasteiger partial charge on any atom is 0.0382 e. The van der Waals surface area contributed by atoms with Crippen LogP contribution < -0.4 is 5.32 Å². The lowest BCUT2D eigenvalue weighted by atomic mass is 9.75. The van der Waals surface area contributed by atoms with E-state index in [1.165, 1.54) is 44.2 Å². The molecule has 0 spiro atoms. The van der Waals surface area contributed by atoms with Gasteiger partial charge in [-0.15, -0.1) is 6.58 Å². The van der Waals surface area contributed by atoms with E-state index in [-0.39, 0.29) is 0 Å². The molecule has 4 atom stereocenters. The van der Waals surface area contributed by atoms with Crippen molar-refractivity contribution in [1.29, 1.82) is 0 Å². The number of nitrogens with one attached hydrogen (secondary N) is 1. The quantitative estimate of drug-likeness (QED) is 0.415. The molecule has 3 rings (SSSR count). The van der Waals surface area contributed by atoms with Crippen molar-refractivity contribution in [2.24, 2.45) is 17.8 Å². The molecule has 1 aliphatic heterocycles. The van der Waals surface area contributed by atoms with E-state index in [0.717, 1.165) is 30.3 Å². The Hall–Kier alpha value is -2.06. The van der Waals surface area contributed by atoms with E-state index in [2.05, 4.69) is 91.9 Å². The second-order valence-corrected chi connectivity index (χ2v) is 9.23. The van der Waals surface area contributed by atoms with E-state index < -0.39 is 0 Å². The van der Waals surface area contributed by atoms with Crippen LogP contribution >= 0.6 is 0 Å². The predicted octanol–water partition coefficient (Wildman–Crippen LogP) is 7.21. The number of anilines is 1. The van der Waals surface area contributed by atoms with Crippen LogP contribution in [-0.2, 0) is 0 Å². The molecule has 4 unspecified atom stereocenters. The summed E-state index contributed by atoms with van der Waals surface area (Å²) >= 11 is 0. The first kappa shape index (κ1) is 22.6. The number of nitrogens with zero attached hydrogens (tertiary/aromatic N) is 1. The van der Waals surface area contributed by atoms with E-state index >= 15 is 0 Å². The molecular formula is C28H40N2. The first-order chi connectivity index (χ1) is 14.6. The van der Waals surface area contributed by atoms with Crippen LogP contribution in [-0.4, -0.2) is 24.0 Å². The minimum Gasteiger partial charge on any atom is -0.358 e. The van der Waals surface area contributed by atoms with Crippen LogP contribution in [0.15, 0.2) is 79.1 Å². The number of para-hydroxylation sites is 1. The number of hydrogen-bond acceptors (Lipinski definition) is 2. The molecule has 0 saturated carbocycles. The third-order valence-corrected chi connectivity index (χ3v) is 7.07. The third-order valence-electron chi connectivity index (χ3n) is 7.07. The molecule has 0 amide bonds. The summed E-state index contributed by atoms with van der Waals surface area (Å²) in [4.78, 5) is 2.71. The number of piperidine rings is 1. The summed E-state index contributed by atoms with van der Waals surface area (Å²) in [5.74, 6) is 2.14. The normalized spacial score (nSPS) is 25.4. The van der Waals surface area contributed by atoms with E-state index in [9.17, 15) is 0 Å². The van der Waals surface area contributed by atoms with Crippen molar-refractivity contribution in [3.8, 4) is 0 Å². The van der Waals surface area contributed by atoms with Crippen molar-refractivity contribution in [3.05, 3.63) is 79.1 Å². The molecule has 1 saturated heterocycles. The maximum atomic E-state index is 4.36. The topological polar surface area (TPSA) is 15.3 Å². The molecule has 1 aromatic carbocycles. The van der Waals surface area contributed by atoms with Crippen LogP contribution in [0.1, 0.15) is 52.4 Å². The standard InChI is InChI=1S/C28H40N2/c1-5-12-25(28-16-11-10-13-22(28)3)19-27-18-17-24(6-2)21-30(27)20-23(4)29-26-14-8-7-9-15-26/h5,7-11,13-15,24-25,27-29H,1,4,6,12,16-21H2,2-3H3. The Labute approximate surface area is 184 Å². The van der Waals surface area contributed by atoms with E-state index in [1.54, 1.807) is 0 Å². The summed E-state index contributed by atoms with van der Waals surface area (Å²) in [5, 5.41) is 3.52. The van der Waals surface area contributed by atoms with Crippen molar-refractivity contribution in [1.82, 2.24) is 4.90 Å². The lowest BCUT2D eigenvalue weighted by Gasteiger charge is -2.42. The monoisotopic (exact) mass is 404 g/mol. The third kappa shape index (κ3) is 6.22. The Bertz CT molecular complexity index is 745. The lowest BCUT2D eigenvalue weighted by Crippen LogP contribution is -2.46. The Morgan fingerprint density at radius 1 is 1.27 bits per heavy atom. The van der Waals surface area contributed by atoms with Gasteiger partial charge in [-0.3, -0.25) is 4.90 Å². The molecule has 0 aromatic heterocycles. The summed E-state index contributed by atoms with van der Waals surface area (Å²) in [7, 11) is 0. The molecule has 1 heterocycles. The Kier molecular flexibility index (Phi) is 8.57. The van der Waals surface area contributed by atoms with Gasteiger partial charge < -0.3 is 5.32 Å². The van der Waals surface area contributed by atoms with E-state index in [1.807, 2.05) is 0 Å². The molecule has 2 heteroatoms. The highest BCUT2D eigenvalue weighted by Crippen LogP contribution is 2.37. The molecule has 1 aliphatic carbocycles. The lowest BCUT2D eigenvalue weighted by molar-refractivity contribution is 0.0911. The fraction of sp³-hybridized carbons (Fsp3) is 0.500. The van der Waals surface area contributed by atoms with Gasteiger partial charge in [0.2, 0.25) is 0 Å². The fourth-order valence-electron chi connectivity index (χ4n) is 5.29. The van der Waals surface area contributed by atoms with Gasteiger partial charge in [0, 0.05) is 30.5 Å². The Balaban J connectivity index is 1.68. The molecule has 30 heavy (non-hydrogen) atoms. The zero-order chi connectivity index (χ0) is 21.3. The van der Waals surface area contributed by atoms with Crippen LogP contribution in [0.3, 0.4) is 0 Å². The van der Waals surface area contributed by atoms with Gasteiger partial charge >= 0.3 is 0 Å². The molecule has 1 N–H and O–H groups in total. The van der Waals surface area contributed by atoms with Crippen molar-refractivity contribution in [2.45, 2.75) is 58.4 Å². The SMILES string of the molecule is C=CCC(CC1CCC(CC)CN1CC(=C)Nc1ccccc1)C1CC=CC=C1C. The van der Waals surface area contributed by atoms with Gasteiger partial charge in [0.05, 0.1) is 0 Å². The number of rotatable bonds is 10. The molecule has 2 nitrogen and oxygen atoms in total. The van der Waals surface area contributed by atoms with Gasteiger partial charge in [0.15, 0.2) is 0 Å². The van der Waals surface area contributed by atoms with Crippen molar-refractivity contribution >= 4 is 5.69 Å². The van der Waals surface area contributed by atoms with Gasteiger partial charge in [0.1, 0.15) is 0 Å². The summed E-state index contributed by atoms with van der Waals surface area (Å²) in [5.41, 5.74) is 3.76. The maximum absolute atomic E-state index is 4.36. The number of hydrogen-bond donors (Lipinski definition) is 1. The van der Waals surface area contributed by atoms with E-state index in [4.69, 9.17) is 0 Å². The van der Waals surface area contributed by atoms with Crippen molar-refractivity contribution in [2.75, 3.05) is 18.4 Å². The molecular weight excluding hydrogens is 364 g/mol. The number of likely N-dealkylation sites (tertiary alicyclic amines) is 1. The first-order valence-corrected chi connectivity index (χ1v) is 11.8. The van der Waals surface area contributed by atoms with Gasteiger partial charge in [-0.2, -0.15) is 0 Å². The summed E-state index contributed by atoms with van der Waals surface area (Å²) in [6, 6.07) is 11.0. The molecule has 0 bridgehead atoms. The summed E-state index contributed by atoms with van der Waals surface area (Å²) in [6.07, 6.45) is 16.5. The van der Waals surface area contributed by atoms with Crippen molar-refractivity contribution < 1.29 is 0 Å². The van der Waals surface area contributed by atoms with Crippen molar-refractivity contribution in [3.63, 3.8) is 0 Å². The Morgan fingerprint density at radius 2 is 2.07 bits per heavy atom. The summed E-state index contributed by atoms with van der Waals surface area (Å²) in [6.45, 7) is 15.2. The smallest absolute Gasteiger partial charge is 0.0382 e. The van der Waals surface area contributed by atoms with Gasteiger partial charge in [-0.25, -0.2) is 0 Å². The minimum atomic E-state index is 0.630. The Morgan fingerprint density at radius 3 is 2.77 bits per heavy atom. The second-order valence-electron chi connectivity index (χ2n) is 9.23. The highest BCUT2D eigenvalue weighted by atomic mass is 15.2. The first-order valence-electron chi connectivity index (χ1n) is 11.8. The average Bonchev–Trinajstić information content (AvgIpc) is 2.75. The summed E-state index contributed by atoms with van der Waals surface area (Å²) < 4.78 is 0. The number of benzene rings is 1. The number of allylic oxidation sites excluding steroid dienone is 5. The van der Waals surface area contributed by atoms with Crippen LogP contribution in [0, 0.1) is 17.8 Å². The second kappa shape index (κ2) is 11.4.